The molecule has 0 radical (unpaired) electrons. The van der Waals surface area contributed by atoms with Gasteiger partial charge >= 0.3 is 4.87 Å². The van der Waals surface area contributed by atoms with Gasteiger partial charge in [-0.15, -0.1) is 5.10 Å². The van der Waals surface area contributed by atoms with Gasteiger partial charge in [0.1, 0.15) is 16.3 Å². The number of benzene rings is 1. The van der Waals surface area contributed by atoms with Crippen LogP contribution in [0.1, 0.15) is 0 Å². The lowest BCUT2D eigenvalue weighted by Crippen LogP contribution is -2.48. The number of furan rings is 1. The standard InChI is InChI=1S/C28H31FN10O4S/c29-19-16-18(43-17-22(40)37-7-5-31-6-8-37)3-4-20(19)36-12-9-35(10-13-36)11-14-38-25-23(44-28(38)41)26-32-24(21-2-1-15-42-21)34-39(26)27(30)33-25/h1-4,15-16,31H,5-14,17H2,(H2,30,33). The first kappa shape index (κ1) is 28.2. The zero-order chi connectivity index (χ0) is 30.2. The molecule has 7 rings (SSSR count). The van der Waals surface area contributed by atoms with Gasteiger partial charge in [-0.05, 0) is 24.3 Å². The summed E-state index contributed by atoms with van der Waals surface area (Å²) in [4.78, 5) is 40.2. The number of amides is 1. The fourth-order valence-electron chi connectivity index (χ4n) is 5.57. The van der Waals surface area contributed by atoms with Crippen LogP contribution in [-0.2, 0) is 11.3 Å². The van der Waals surface area contributed by atoms with Crippen LogP contribution in [0.2, 0.25) is 0 Å². The number of carbonyl (C=O) groups is 1. The Bertz CT molecular complexity index is 1860. The zero-order valence-corrected chi connectivity index (χ0v) is 24.6. The number of hydrogen-bond acceptors (Lipinski definition) is 12. The number of aromatic nitrogens is 5. The number of nitrogens with zero attached hydrogens (tertiary/aromatic N) is 8. The van der Waals surface area contributed by atoms with Crippen LogP contribution in [0.25, 0.3) is 27.6 Å². The predicted octanol–water partition coefficient (Wildman–Crippen LogP) is 1.11. The van der Waals surface area contributed by atoms with E-state index in [9.17, 15) is 9.59 Å². The van der Waals surface area contributed by atoms with Crippen molar-refractivity contribution >= 4 is 44.9 Å². The van der Waals surface area contributed by atoms with E-state index in [0.717, 1.165) is 24.4 Å². The van der Waals surface area contributed by atoms with Gasteiger partial charge in [0.25, 0.3) is 5.91 Å². The van der Waals surface area contributed by atoms with Crippen molar-refractivity contribution in [3.8, 4) is 17.3 Å². The maximum absolute atomic E-state index is 15.1. The highest BCUT2D eigenvalue weighted by atomic mass is 32.1. The number of hydrogen-bond donors (Lipinski definition) is 2. The van der Waals surface area contributed by atoms with Crippen LogP contribution in [0.3, 0.4) is 0 Å². The highest BCUT2D eigenvalue weighted by Gasteiger charge is 2.23. The van der Waals surface area contributed by atoms with E-state index >= 15 is 4.39 Å². The molecular weight excluding hydrogens is 591 g/mol. The third kappa shape index (κ3) is 5.46. The molecule has 4 aromatic heterocycles. The van der Waals surface area contributed by atoms with Crippen molar-refractivity contribution in [3.63, 3.8) is 0 Å². The molecule has 0 unspecified atom stereocenters. The van der Waals surface area contributed by atoms with Gasteiger partial charge in [0.05, 0.1) is 12.0 Å². The van der Waals surface area contributed by atoms with Gasteiger partial charge in [-0.3, -0.25) is 19.1 Å². The van der Waals surface area contributed by atoms with E-state index in [4.69, 9.17) is 14.9 Å². The first-order valence-electron chi connectivity index (χ1n) is 14.4. The van der Waals surface area contributed by atoms with Gasteiger partial charge in [0.2, 0.25) is 11.8 Å². The summed E-state index contributed by atoms with van der Waals surface area (Å²) in [5.41, 5.74) is 7.62. The summed E-state index contributed by atoms with van der Waals surface area (Å²) in [6, 6.07) is 8.23. The number of anilines is 2. The van der Waals surface area contributed by atoms with E-state index in [1.54, 1.807) is 33.7 Å². The van der Waals surface area contributed by atoms with Crippen molar-refractivity contribution in [2.75, 3.05) is 76.1 Å². The van der Waals surface area contributed by atoms with E-state index in [2.05, 4.69) is 25.3 Å². The average Bonchev–Trinajstić information content (AvgIpc) is 3.79. The molecule has 0 bridgehead atoms. The molecular formula is C28H31FN10O4S. The van der Waals surface area contributed by atoms with Gasteiger partial charge in [0.15, 0.2) is 23.7 Å². The molecule has 2 fully saturated rings. The fraction of sp³-hybridized carbons (Fsp3) is 0.393. The summed E-state index contributed by atoms with van der Waals surface area (Å²) in [6.45, 7) is 6.40. The molecule has 3 N–H and O–H groups in total. The first-order valence-corrected chi connectivity index (χ1v) is 15.2. The second-order valence-electron chi connectivity index (χ2n) is 10.7. The Labute approximate surface area is 254 Å². The lowest BCUT2D eigenvalue weighted by atomic mass is 10.2. The maximum atomic E-state index is 15.1. The Hall–Kier alpha value is -4.54. The highest BCUT2D eigenvalue weighted by Crippen LogP contribution is 2.27. The second kappa shape index (κ2) is 11.9. The van der Waals surface area contributed by atoms with E-state index in [-0.39, 0.29) is 29.2 Å². The monoisotopic (exact) mass is 622 g/mol. The van der Waals surface area contributed by atoms with Crippen molar-refractivity contribution in [2.24, 2.45) is 0 Å². The second-order valence-corrected chi connectivity index (χ2v) is 11.6. The molecule has 44 heavy (non-hydrogen) atoms. The minimum atomic E-state index is -0.388. The van der Waals surface area contributed by atoms with Gasteiger partial charge < -0.3 is 30.0 Å². The Morgan fingerprint density at radius 2 is 1.89 bits per heavy atom. The molecule has 0 saturated carbocycles. The van der Waals surface area contributed by atoms with Crippen molar-refractivity contribution in [3.05, 3.63) is 52.1 Å². The minimum Gasteiger partial charge on any atom is -0.484 e. The molecule has 2 saturated heterocycles. The fourth-order valence-corrected chi connectivity index (χ4v) is 6.51. The predicted molar refractivity (Wildman–Crippen MR) is 163 cm³/mol. The molecule has 1 aromatic carbocycles. The molecule has 0 atom stereocenters. The van der Waals surface area contributed by atoms with Crippen LogP contribution in [0, 0.1) is 5.82 Å². The Balaban J connectivity index is 0.967. The lowest BCUT2D eigenvalue weighted by molar-refractivity contribution is -0.133. The molecule has 14 nitrogen and oxygen atoms in total. The largest absolute Gasteiger partial charge is 0.484 e. The SMILES string of the molecule is Nc1nc2c(sc(=O)n2CCN2CCN(c3ccc(OCC(=O)N4CCNCC4)cc3F)CC2)c2nc(-c3ccco3)nn12. The van der Waals surface area contributed by atoms with Gasteiger partial charge in [-0.25, -0.2) is 9.37 Å². The number of ether oxygens (including phenoxy) is 1. The number of carbonyl (C=O) groups excluding carboxylic acids is 1. The van der Waals surface area contributed by atoms with Gasteiger partial charge in [-0.2, -0.15) is 9.50 Å². The van der Waals surface area contributed by atoms with Crippen LogP contribution in [0.15, 0.2) is 45.8 Å². The van der Waals surface area contributed by atoms with Crippen LogP contribution in [0.5, 0.6) is 5.75 Å². The van der Waals surface area contributed by atoms with E-state index in [1.165, 1.54) is 16.8 Å². The number of nitrogens with two attached hydrogens (primary N) is 1. The van der Waals surface area contributed by atoms with Crippen molar-refractivity contribution < 1.29 is 18.3 Å². The summed E-state index contributed by atoms with van der Waals surface area (Å²) < 4.78 is 29.7. The van der Waals surface area contributed by atoms with Crippen LogP contribution < -0.4 is 25.6 Å². The Morgan fingerprint density at radius 1 is 1.07 bits per heavy atom. The average molecular weight is 623 g/mol. The summed E-state index contributed by atoms with van der Waals surface area (Å²) in [6.07, 6.45) is 1.54. The lowest BCUT2D eigenvalue weighted by Gasteiger charge is -2.36. The van der Waals surface area contributed by atoms with Crippen molar-refractivity contribution in [2.45, 2.75) is 6.54 Å². The number of thiazole rings is 1. The number of piperazine rings is 2. The topological polar surface area (TPSA) is 152 Å². The minimum absolute atomic E-state index is 0.102. The summed E-state index contributed by atoms with van der Waals surface area (Å²) in [7, 11) is 0. The van der Waals surface area contributed by atoms with Crippen molar-refractivity contribution in [1.29, 1.82) is 0 Å². The summed E-state index contributed by atoms with van der Waals surface area (Å²) >= 11 is 1.06. The molecule has 5 aromatic rings. The molecule has 16 heteroatoms. The zero-order valence-electron chi connectivity index (χ0n) is 23.8. The number of halogens is 1. The molecule has 2 aliphatic rings. The summed E-state index contributed by atoms with van der Waals surface area (Å²) in [5, 5.41) is 7.60. The smallest absolute Gasteiger partial charge is 0.309 e. The molecule has 2 aliphatic heterocycles. The van der Waals surface area contributed by atoms with E-state index in [1.807, 2.05) is 4.90 Å². The van der Waals surface area contributed by atoms with Crippen LogP contribution >= 0.6 is 11.3 Å². The van der Waals surface area contributed by atoms with Crippen LogP contribution in [0.4, 0.5) is 16.0 Å². The molecule has 1 amide bonds. The third-order valence-corrected chi connectivity index (χ3v) is 8.93. The number of nitrogens with one attached hydrogen (secondary N) is 1. The Kier molecular flexibility index (Phi) is 7.61. The van der Waals surface area contributed by atoms with Crippen molar-refractivity contribution in [1.82, 2.24) is 39.3 Å². The van der Waals surface area contributed by atoms with E-state index in [0.29, 0.717) is 91.4 Å². The molecule has 0 aliphatic carbocycles. The molecule has 230 valence electrons. The highest BCUT2D eigenvalue weighted by molar-refractivity contribution is 7.17. The Morgan fingerprint density at radius 3 is 2.64 bits per heavy atom. The quantitative estimate of drug-likeness (QED) is 0.256. The first-order chi connectivity index (χ1) is 21.4. The van der Waals surface area contributed by atoms with Crippen LogP contribution in [-0.4, -0.2) is 105 Å². The number of nitrogen functional groups attached to an aromatic ring is 1. The van der Waals surface area contributed by atoms with E-state index < -0.39 is 0 Å². The number of fused-ring (bicyclic) bond motifs is 3. The molecule has 0 spiro atoms. The molecule has 6 heterocycles. The maximum Gasteiger partial charge on any atom is 0.309 e. The van der Waals surface area contributed by atoms with Gasteiger partial charge in [0, 0.05) is 71.5 Å². The van der Waals surface area contributed by atoms with Gasteiger partial charge in [-0.1, -0.05) is 11.3 Å². The third-order valence-electron chi connectivity index (χ3n) is 7.96. The number of rotatable bonds is 8. The summed E-state index contributed by atoms with van der Waals surface area (Å²) in [5.74, 6) is 0.824. The normalized spacial score (nSPS) is 16.3.